The number of rotatable bonds is 5. The lowest BCUT2D eigenvalue weighted by atomic mass is 9.99. The first-order valence-corrected chi connectivity index (χ1v) is 6.32. The third kappa shape index (κ3) is 4.28. The van der Waals surface area contributed by atoms with Gasteiger partial charge in [0.15, 0.2) is 0 Å². The Kier molecular flexibility index (Phi) is 5.24. The SMILES string of the molecule is CCC(C)CC(Br)Cc1ccccc1. The van der Waals surface area contributed by atoms with Gasteiger partial charge in [-0.3, -0.25) is 0 Å². The van der Waals surface area contributed by atoms with Gasteiger partial charge in [-0.05, 0) is 24.3 Å². The topological polar surface area (TPSA) is 0 Å². The average molecular weight is 255 g/mol. The highest BCUT2D eigenvalue weighted by Crippen LogP contribution is 2.19. The Bertz CT molecular complexity index is 243. The van der Waals surface area contributed by atoms with Gasteiger partial charge in [0, 0.05) is 4.83 Å². The number of benzene rings is 1. The van der Waals surface area contributed by atoms with Crippen LogP contribution in [0.3, 0.4) is 0 Å². The van der Waals surface area contributed by atoms with Crippen LogP contribution in [0.25, 0.3) is 0 Å². The second kappa shape index (κ2) is 6.23. The molecule has 0 aliphatic heterocycles. The predicted molar refractivity (Wildman–Crippen MR) is 66.9 cm³/mol. The summed E-state index contributed by atoms with van der Waals surface area (Å²) in [5, 5.41) is 0. The molecule has 2 atom stereocenters. The van der Waals surface area contributed by atoms with Crippen molar-refractivity contribution in [3.63, 3.8) is 0 Å². The van der Waals surface area contributed by atoms with Crippen molar-refractivity contribution in [3.8, 4) is 0 Å². The van der Waals surface area contributed by atoms with E-state index in [9.17, 15) is 0 Å². The van der Waals surface area contributed by atoms with Gasteiger partial charge in [0.2, 0.25) is 0 Å². The highest BCUT2D eigenvalue weighted by atomic mass is 79.9. The fourth-order valence-corrected chi connectivity index (χ4v) is 2.57. The van der Waals surface area contributed by atoms with E-state index in [-0.39, 0.29) is 0 Å². The Morgan fingerprint density at radius 1 is 1.21 bits per heavy atom. The van der Waals surface area contributed by atoms with Crippen molar-refractivity contribution in [2.75, 3.05) is 0 Å². The zero-order valence-corrected chi connectivity index (χ0v) is 10.6. The Hall–Kier alpha value is -0.300. The smallest absolute Gasteiger partial charge is 0.0188 e. The maximum atomic E-state index is 3.76. The second-order valence-corrected chi connectivity index (χ2v) is 5.33. The summed E-state index contributed by atoms with van der Waals surface area (Å²) < 4.78 is 0. The van der Waals surface area contributed by atoms with Crippen LogP contribution >= 0.6 is 15.9 Å². The van der Waals surface area contributed by atoms with Gasteiger partial charge >= 0.3 is 0 Å². The van der Waals surface area contributed by atoms with E-state index in [1.807, 2.05) is 0 Å². The van der Waals surface area contributed by atoms with E-state index in [2.05, 4.69) is 60.1 Å². The van der Waals surface area contributed by atoms with Crippen molar-refractivity contribution in [2.45, 2.75) is 37.9 Å². The van der Waals surface area contributed by atoms with Crippen molar-refractivity contribution in [3.05, 3.63) is 35.9 Å². The standard InChI is InChI=1S/C13H19Br/c1-3-11(2)9-13(14)10-12-7-5-4-6-8-12/h4-8,11,13H,3,9-10H2,1-2H3. The number of alkyl halides is 1. The predicted octanol–water partition coefficient (Wildman–Crippen LogP) is 4.43. The molecular formula is C13H19Br. The number of halogens is 1. The molecule has 0 fully saturated rings. The van der Waals surface area contributed by atoms with E-state index in [0.717, 1.165) is 12.3 Å². The molecule has 0 bridgehead atoms. The molecule has 0 spiro atoms. The Morgan fingerprint density at radius 3 is 2.43 bits per heavy atom. The van der Waals surface area contributed by atoms with Crippen LogP contribution in [-0.2, 0) is 6.42 Å². The van der Waals surface area contributed by atoms with Crippen LogP contribution in [0.15, 0.2) is 30.3 Å². The first-order valence-electron chi connectivity index (χ1n) is 5.40. The van der Waals surface area contributed by atoms with Gasteiger partial charge in [-0.15, -0.1) is 0 Å². The summed E-state index contributed by atoms with van der Waals surface area (Å²) in [6, 6.07) is 10.7. The highest BCUT2D eigenvalue weighted by Gasteiger charge is 2.09. The number of hydrogen-bond acceptors (Lipinski definition) is 0. The van der Waals surface area contributed by atoms with Crippen LogP contribution in [0.2, 0.25) is 0 Å². The van der Waals surface area contributed by atoms with Gasteiger partial charge in [0.1, 0.15) is 0 Å². The van der Waals surface area contributed by atoms with E-state index >= 15 is 0 Å². The summed E-state index contributed by atoms with van der Waals surface area (Å²) in [5.41, 5.74) is 1.43. The first kappa shape index (κ1) is 11.8. The quantitative estimate of drug-likeness (QED) is 0.683. The van der Waals surface area contributed by atoms with Gasteiger partial charge in [0.25, 0.3) is 0 Å². The fourth-order valence-electron chi connectivity index (χ4n) is 1.56. The largest absolute Gasteiger partial charge is 0.0887 e. The molecule has 78 valence electrons. The lowest BCUT2D eigenvalue weighted by Gasteiger charge is -2.14. The minimum atomic E-state index is 0.625. The molecule has 1 heteroatoms. The van der Waals surface area contributed by atoms with Crippen molar-refractivity contribution in [1.29, 1.82) is 0 Å². The van der Waals surface area contributed by atoms with Gasteiger partial charge < -0.3 is 0 Å². The molecule has 0 saturated heterocycles. The molecule has 1 aromatic rings. The molecule has 0 amide bonds. The maximum Gasteiger partial charge on any atom is 0.0188 e. The molecule has 2 unspecified atom stereocenters. The normalized spacial score (nSPS) is 15.1. The van der Waals surface area contributed by atoms with Crippen molar-refractivity contribution < 1.29 is 0 Å². The first-order chi connectivity index (χ1) is 6.72. The van der Waals surface area contributed by atoms with E-state index in [1.54, 1.807) is 0 Å². The molecule has 0 aliphatic rings. The van der Waals surface area contributed by atoms with Gasteiger partial charge in [-0.1, -0.05) is 66.5 Å². The van der Waals surface area contributed by atoms with Crippen molar-refractivity contribution >= 4 is 15.9 Å². The number of hydrogen-bond donors (Lipinski definition) is 0. The highest BCUT2D eigenvalue weighted by molar-refractivity contribution is 9.09. The minimum absolute atomic E-state index is 0.625. The lowest BCUT2D eigenvalue weighted by molar-refractivity contribution is 0.507. The third-order valence-corrected chi connectivity index (χ3v) is 3.35. The second-order valence-electron chi connectivity index (χ2n) is 4.04. The summed E-state index contributed by atoms with van der Waals surface area (Å²) in [4.78, 5) is 0.625. The van der Waals surface area contributed by atoms with Crippen LogP contribution in [0.5, 0.6) is 0 Å². The van der Waals surface area contributed by atoms with Gasteiger partial charge in [-0.25, -0.2) is 0 Å². The Labute approximate surface area is 95.9 Å². The van der Waals surface area contributed by atoms with E-state index in [4.69, 9.17) is 0 Å². The van der Waals surface area contributed by atoms with Crippen molar-refractivity contribution in [2.24, 2.45) is 5.92 Å². The average Bonchev–Trinajstić information content (AvgIpc) is 2.19. The molecule has 0 aliphatic carbocycles. The fraction of sp³-hybridized carbons (Fsp3) is 0.538. The summed E-state index contributed by atoms with van der Waals surface area (Å²) in [6.07, 6.45) is 3.69. The minimum Gasteiger partial charge on any atom is -0.0887 e. The Morgan fingerprint density at radius 2 is 1.86 bits per heavy atom. The summed E-state index contributed by atoms with van der Waals surface area (Å²) in [5.74, 6) is 0.822. The molecule has 1 rings (SSSR count). The van der Waals surface area contributed by atoms with Crippen LogP contribution < -0.4 is 0 Å². The molecule has 0 aromatic heterocycles. The van der Waals surface area contributed by atoms with Crippen LogP contribution in [-0.4, -0.2) is 4.83 Å². The van der Waals surface area contributed by atoms with Crippen LogP contribution in [0.1, 0.15) is 32.3 Å². The zero-order valence-electron chi connectivity index (χ0n) is 9.04. The van der Waals surface area contributed by atoms with Crippen LogP contribution in [0, 0.1) is 5.92 Å². The van der Waals surface area contributed by atoms with E-state index in [1.165, 1.54) is 18.4 Å². The monoisotopic (exact) mass is 254 g/mol. The molecule has 0 radical (unpaired) electrons. The van der Waals surface area contributed by atoms with Gasteiger partial charge in [0.05, 0.1) is 0 Å². The molecule has 0 heterocycles. The summed E-state index contributed by atoms with van der Waals surface area (Å²) >= 11 is 3.76. The van der Waals surface area contributed by atoms with Gasteiger partial charge in [-0.2, -0.15) is 0 Å². The van der Waals surface area contributed by atoms with Crippen molar-refractivity contribution in [1.82, 2.24) is 0 Å². The summed E-state index contributed by atoms with van der Waals surface area (Å²) in [7, 11) is 0. The molecular weight excluding hydrogens is 236 g/mol. The van der Waals surface area contributed by atoms with Crippen LogP contribution in [0.4, 0.5) is 0 Å². The third-order valence-electron chi connectivity index (χ3n) is 2.66. The Balaban J connectivity index is 2.37. The molecule has 1 aromatic carbocycles. The summed E-state index contributed by atoms with van der Waals surface area (Å²) in [6.45, 7) is 4.58. The molecule has 0 N–H and O–H groups in total. The lowest BCUT2D eigenvalue weighted by Crippen LogP contribution is -2.07. The zero-order chi connectivity index (χ0) is 10.4. The van der Waals surface area contributed by atoms with E-state index in [0.29, 0.717) is 4.83 Å². The molecule has 0 saturated carbocycles. The van der Waals surface area contributed by atoms with E-state index < -0.39 is 0 Å². The molecule has 0 nitrogen and oxygen atoms in total. The maximum absolute atomic E-state index is 3.76. The molecule has 14 heavy (non-hydrogen) atoms.